The van der Waals surface area contributed by atoms with E-state index in [1.54, 1.807) is 52.0 Å². The monoisotopic (exact) mass is 506 g/mol. The third kappa shape index (κ3) is 8.13. The molecule has 0 bridgehead atoms. The van der Waals surface area contributed by atoms with Crippen LogP contribution in [-0.2, 0) is 9.59 Å². The summed E-state index contributed by atoms with van der Waals surface area (Å²) < 4.78 is 0. The molecular weight excluding hydrogens is 464 g/mol. The average molecular weight is 507 g/mol. The molecule has 4 atom stereocenters. The van der Waals surface area contributed by atoms with Crippen LogP contribution in [0.3, 0.4) is 0 Å². The van der Waals surface area contributed by atoms with Crippen molar-refractivity contribution >= 4 is 11.9 Å². The van der Waals surface area contributed by atoms with Crippen molar-refractivity contribution in [2.24, 2.45) is 10.8 Å². The lowest BCUT2D eigenvalue weighted by Crippen LogP contribution is -2.26. The van der Waals surface area contributed by atoms with E-state index in [-0.39, 0.29) is 0 Å². The Kier molecular flexibility index (Phi) is 10.3. The van der Waals surface area contributed by atoms with Gasteiger partial charge in [0, 0.05) is 0 Å². The smallest absolute Gasteiger partial charge is 0.309 e. The quantitative estimate of drug-likeness (QED) is 0.207. The molecule has 6 N–H and O–H groups in total. The van der Waals surface area contributed by atoms with Gasteiger partial charge < -0.3 is 30.6 Å². The third-order valence-corrected chi connectivity index (χ3v) is 7.34. The Bertz CT molecular complexity index is 861. The van der Waals surface area contributed by atoms with E-state index in [1.807, 2.05) is 0 Å². The normalized spacial score (nSPS) is 25.0. The zero-order chi connectivity index (χ0) is 27.3. The fourth-order valence-corrected chi connectivity index (χ4v) is 4.67. The maximum absolute atomic E-state index is 11.3. The van der Waals surface area contributed by atoms with Gasteiger partial charge in [0.1, 0.15) is 0 Å². The molecule has 0 fully saturated rings. The molecule has 0 radical (unpaired) electrons. The van der Waals surface area contributed by atoms with Crippen molar-refractivity contribution < 1.29 is 40.2 Å². The fraction of sp³-hybridized carbons (Fsp3) is 0.643. The van der Waals surface area contributed by atoms with Crippen molar-refractivity contribution in [1.82, 2.24) is 0 Å². The first-order valence-corrected chi connectivity index (χ1v) is 12.7. The summed E-state index contributed by atoms with van der Waals surface area (Å²) in [7, 11) is 0. The van der Waals surface area contributed by atoms with Crippen molar-refractivity contribution in [2.75, 3.05) is 0 Å². The fourth-order valence-electron chi connectivity index (χ4n) is 4.67. The zero-order valence-corrected chi connectivity index (χ0v) is 21.8. The molecule has 0 aliphatic heterocycles. The third-order valence-electron chi connectivity index (χ3n) is 7.34. The molecule has 8 heteroatoms. The molecule has 4 unspecified atom stereocenters. The minimum absolute atomic E-state index is 0.380. The maximum Gasteiger partial charge on any atom is 0.309 e. The van der Waals surface area contributed by atoms with Crippen LogP contribution in [0.15, 0.2) is 46.6 Å². The molecule has 0 aromatic rings. The number of aliphatic hydroxyl groups excluding tert-OH is 4. The van der Waals surface area contributed by atoms with Gasteiger partial charge >= 0.3 is 11.9 Å². The second kappa shape index (κ2) is 12.3. The summed E-state index contributed by atoms with van der Waals surface area (Å²) in [6.07, 6.45) is 6.59. The number of carbonyl (C=O) groups is 2. The molecule has 0 amide bonds. The standard InChI is InChI=1S/C28H42O8/c1-27(2,25(33)34)11-5-7-17-13-21(29)15-19(23(17)31)9-10-20-16-22(30)14-18(24(20)32)8-6-12-28(3,4)26(35)36/h13-16,21-24,29-32H,5-12H2,1-4H3,(H,33,34)(H,35,36). The van der Waals surface area contributed by atoms with Crippen LogP contribution in [0, 0.1) is 10.8 Å². The van der Waals surface area contributed by atoms with E-state index in [2.05, 4.69) is 0 Å². The summed E-state index contributed by atoms with van der Waals surface area (Å²) in [4.78, 5) is 22.6. The summed E-state index contributed by atoms with van der Waals surface area (Å²) in [5, 5.41) is 60.9. The molecule has 0 saturated heterocycles. The van der Waals surface area contributed by atoms with Gasteiger partial charge in [-0.3, -0.25) is 9.59 Å². The maximum atomic E-state index is 11.3. The van der Waals surface area contributed by atoms with Crippen molar-refractivity contribution in [3.63, 3.8) is 0 Å². The number of aliphatic hydroxyl groups is 4. The topological polar surface area (TPSA) is 156 Å². The lowest BCUT2D eigenvalue weighted by Gasteiger charge is -2.28. The Morgan fingerprint density at radius 3 is 1.17 bits per heavy atom. The number of aliphatic carboxylic acids is 2. The van der Waals surface area contributed by atoms with Crippen LogP contribution in [0.1, 0.15) is 79.1 Å². The largest absolute Gasteiger partial charge is 0.481 e. The molecule has 202 valence electrons. The second-order valence-corrected chi connectivity index (χ2v) is 11.3. The van der Waals surface area contributed by atoms with E-state index < -0.39 is 47.2 Å². The van der Waals surface area contributed by atoms with Gasteiger partial charge in [0.05, 0.1) is 35.2 Å². The van der Waals surface area contributed by atoms with E-state index in [1.165, 1.54) is 0 Å². The molecule has 2 rings (SSSR count). The minimum atomic E-state index is -0.888. The van der Waals surface area contributed by atoms with E-state index in [4.69, 9.17) is 0 Å². The first-order valence-electron chi connectivity index (χ1n) is 12.7. The van der Waals surface area contributed by atoms with Crippen molar-refractivity contribution in [3.8, 4) is 0 Å². The van der Waals surface area contributed by atoms with Gasteiger partial charge in [0.25, 0.3) is 0 Å². The lowest BCUT2D eigenvalue weighted by molar-refractivity contribution is -0.148. The first kappa shape index (κ1) is 30.0. The number of hydrogen-bond acceptors (Lipinski definition) is 6. The number of hydrogen-bond donors (Lipinski definition) is 6. The van der Waals surface area contributed by atoms with Crippen LogP contribution < -0.4 is 0 Å². The van der Waals surface area contributed by atoms with Crippen LogP contribution in [0.5, 0.6) is 0 Å². The summed E-state index contributed by atoms with van der Waals surface area (Å²) in [5.74, 6) is -1.75. The van der Waals surface area contributed by atoms with Crippen LogP contribution in [-0.4, -0.2) is 67.0 Å². The van der Waals surface area contributed by atoms with Crippen LogP contribution in [0.2, 0.25) is 0 Å². The Balaban J connectivity index is 1.94. The van der Waals surface area contributed by atoms with Gasteiger partial charge in [-0.1, -0.05) is 24.3 Å². The van der Waals surface area contributed by atoms with E-state index in [9.17, 15) is 40.2 Å². The highest BCUT2D eigenvalue weighted by molar-refractivity contribution is 5.73. The highest BCUT2D eigenvalue weighted by Crippen LogP contribution is 2.34. The molecule has 8 nitrogen and oxygen atoms in total. The van der Waals surface area contributed by atoms with E-state index >= 15 is 0 Å². The Labute approximate surface area is 213 Å². The van der Waals surface area contributed by atoms with Gasteiger partial charge in [-0.05, 0) is 101 Å². The van der Waals surface area contributed by atoms with Gasteiger partial charge in [-0.2, -0.15) is 0 Å². The summed E-state index contributed by atoms with van der Waals surface area (Å²) in [6, 6.07) is 0. The lowest BCUT2D eigenvalue weighted by atomic mass is 9.81. The first-order chi connectivity index (χ1) is 16.6. The van der Waals surface area contributed by atoms with E-state index in [0.717, 1.165) is 0 Å². The van der Waals surface area contributed by atoms with Crippen molar-refractivity contribution in [2.45, 2.75) is 103 Å². The number of carboxylic acid groups (broad SMARTS) is 2. The van der Waals surface area contributed by atoms with Crippen LogP contribution in [0.25, 0.3) is 0 Å². The van der Waals surface area contributed by atoms with Gasteiger partial charge in [0.15, 0.2) is 0 Å². The SMILES string of the molecule is CC(C)(CCCC1=CC(O)C=C(CCC2=CC(O)C=C(CCCC(C)(C)C(=O)O)C2O)C1O)C(=O)O. The summed E-state index contributed by atoms with van der Waals surface area (Å²) in [6.45, 7) is 6.65. The molecule has 0 aromatic carbocycles. The molecule has 2 aliphatic carbocycles. The molecule has 0 saturated carbocycles. The van der Waals surface area contributed by atoms with E-state index in [0.29, 0.717) is 73.7 Å². The van der Waals surface area contributed by atoms with Gasteiger partial charge in [-0.25, -0.2) is 0 Å². The van der Waals surface area contributed by atoms with Crippen molar-refractivity contribution in [1.29, 1.82) is 0 Å². The predicted octanol–water partition coefficient (Wildman–Crippen LogP) is 3.51. The van der Waals surface area contributed by atoms with Gasteiger partial charge in [0.2, 0.25) is 0 Å². The van der Waals surface area contributed by atoms with Crippen LogP contribution in [0.4, 0.5) is 0 Å². The van der Waals surface area contributed by atoms with Crippen LogP contribution >= 0.6 is 0 Å². The summed E-state index contributed by atoms with van der Waals surface area (Å²) in [5.41, 5.74) is 0.827. The zero-order valence-electron chi connectivity index (χ0n) is 21.8. The Morgan fingerprint density at radius 1 is 0.611 bits per heavy atom. The predicted molar refractivity (Wildman–Crippen MR) is 136 cm³/mol. The van der Waals surface area contributed by atoms with Gasteiger partial charge in [-0.15, -0.1) is 0 Å². The molecule has 0 aromatic heterocycles. The summed E-state index contributed by atoms with van der Waals surface area (Å²) >= 11 is 0. The molecule has 2 aliphatic rings. The second-order valence-electron chi connectivity index (χ2n) is 11.3. The molecular formula is C28H42O8. The number of rotatable bonds is 13. The highest BCUT2D eigenvalue weighted by atomic mass is 16.4. The minimum Gasteiger partial charge on any atom is -0.481 e. The number of carboxylic acids is 2. The molecule has 0 spiro atoms. The molecule has 0 heterocycles. The molecule has 36 heavy (non-hydrogen) atoms. The average Bonchev–Trinajstić information content (AvgIpc) is 2.76. The highest BCUT2D eigenvalue weighted by Gasteiger charge is 2.30. The Hall–Kier alpha value is -2.26. The Morgan fingerprint density at radius 2 is 0.889 bits per heavy atom. The van der Waals surface area contributed by atoms with Crippen molar-refractivity contribution in [3.05, 3.63) is 46.6 Å².